The molecule has 0 heterocycles. The van der Waals surface area contributed by atoms with Gasteiger partial charge in [-0.3, -0.25) is 0 Å². The second kappa shape index (κ2) is 14.0. The zero-order valence-electron chi connectivity index (χ0n) is 13.3. The van der Waals surface area contributed by atoms with Crippen molar-refractivity contribution in [2.75, 3.05) is 13.2 Å². The number of hydrogen-bond donors (Lipinski definition) is 2. The molecule has 8 nitrogen and oxygen atoms in total. The van der Waals surface area contributed by atoms with Crippen molar-refractivity contribution in [3.8, 4) is 0 Å². The Bertz CT molecular complexity index is 434. The SMILES string of the molecule is O=C(O)/C=C\C(=O)OCCCCCCCCOC(=O)/C=C\C(=O)O. The van der Waals surface area contributed by atoms with E-state index in [-0.39, 0.29) is 13.2 Å². The first-order valence-electron chi connectivity index (χ1n) is 7.57. The van der Waals surface area contributed by atoms with Crippen LogP contribution in [-0.4, -0.2) is 47.3 Å². The summed E-state index contributed by atoms with van der Waals surface area (Å²) in [6.45, 7) is 0.493. The molecular weight excluding hydrogens is 320 g/mol. The van der Waals surface area contributed by atoms with E-state index in [1.807, 2.05) is 0 Å². The number of carbonyl (C=O) groups excluding carboxylic acids is 2. The summed E-state index contributed by atoms with van der Waals surface area (Å²) in [4.78, 5) is 42.4. The van der Waals surface area contributed by atoms with Crippen LogP contribution in [0.3, 0.4) is 0 Å². The molecule has 0 amide bonds. The maximum absolute atomic E-state index is 11.0. The van der Waals surface area contributed by atoms with Gasteiger partial charge in [0.15, 0.2) is 0 Å². The summed E-state index contributed by atoms with van der Waals surface area (Å²) in [7, 11) is 0. The minimum Gasteiger partial charge on any atom is -0.478 e. The van der Waals surface area contributed by atoms with E-state index in [1.54, 1.807) is 0 Å². The second-order valence-electron chi connectivity index (χ2n) is 4.80. The van der Waals surface area contributed by atoms with Gasteiger partial charge in [0.25, 0.3) is 0 Å². The molecule has 0 radical (unpaired) electrons. The molecule has 0 atom stereocenters. The van der Waals surface area contributed by atoms with Crippen LogP contribution in [0.1, 0.15) is 38.5 Å². The highest BCUT2D eigenvalue weighted by molar-refractivity contribution is 5.91. The number of esters is 2. The fraction of sp³-hybridized carbons (Fsp3) is 0.500. The normalized spacial score (nSPS) is 10.8. The van der Waals surface area contributed by atoms with E-state index in [9.17, 15) is 19.2 Å². The summed E-state index contributed by atoms with van der Waals surface area (Å²) in [6, 6.07) is 0. The molecule has 0 aromatic heterocycles. The van der Waals surface area contributed by atoms with Gasteiger partial charge in [-0.2, -0.15) is 0 Å². The van der Waals surface area contributed by atoms with Crippen LogP contribution in [0.4, 0.5) is 0 Å². The molecule has 0 saturated heterocycles. The quantitative estimate of drug-likeness (QED) is 0.294. The third-order valence-electron chi connectivity index (χ3n) is 2.75. The second-order valence-corrected chi connectivity index (χ2v) is 4.80. The molecule has 0 saturated carbocycles. The Morgan fingerprint density at radius 2 is 0.917 bits per heavy atom. The lowest BCUT2D eigenvalue weighted by atomic mass is 10.1. The molecule has 0 unspecified atom stereocenters. The molecular formula is C16H22O8. The summed E-state index contributed by atoms with van der Waals surface area (Å²) < 4.78 is 9.62. The highest BCUT2D eigenvalue weighted by atomic mass is 16.5. The molecule has 134 valence electrons. The first kappa shape index (κ1) is 21.4. The van der Waals surface area contributed by atoms with E-state index >= 15 is 0 Å². The number of carbonyl (C=O) groups is 4. The Balaban J connectivity index is 3.40. The molecule has 0 aliphatic carbocycles. The van der Waals surface area contributed by atoms with Gasteiger partial charge in [-0.15, -0.1) is 0 Å². The maximum Gasteiger partial charge on any atom is 0.331 e. The summed E-state index contributed by atoms with van der Waals surface area (Å²) in [6.07, 6.45) is 8.21. The van der Waals surface area contributed by atoms with Crippen LogP contribution in [0.15, 0.2) is 24.3 Å². The zero-order chi connectivity index (χ0) is 18.2. The molecule has 0 bridgehead atoms. The fourth-order valence-electron chi connectivity index (χ4n) is 1.63. The lowest BCUT2D eigenvalue weighted by Crippen LogP contribution is -2.04. The van der Waals surface area contributed by atoms with E-state index in [1.165, 1.54) is 0 Å². The molecule has 0 fully saturated rings. The molecule has 0 spiro atoms. The summed E-state index contributed by atoms with van der Waals surface area (Å²) in [5.41, 5.74) is 0. The van der Waals surface area contributed by atoms with Crippen molar-refractivity contribution in [1.82, 2.24) is 0 Å². The van der Waals surface area contributed by atoms with Crippen LogP contribution in [0.2, 0.25) is 0 Å². The van der Waals surface area contributed by atoms with Crippen molar-refractivity contribution in [3.05, 3.63) is 24.3 Å². The molecule has 8 heteroatoms. The topological polar surface area (TPSA) is 127 Å². The van der Waals surface area contributed by atoms with Gasteiger partial charge in [0.05, 0.1) is 13.2 Å². The Hall–Kier alpha value is -2.64. The van der Waals surface area contributed by atoms with Crippen LogP contribution in [0.25, 0.3) is 0 Å². The molecule has 0 aromatic rings. The first-order chi connectivity index (χ1) is 11.4. The van der Waals surface area contributed by atoms with Gasteiger partial charge >= 0.3 is 23.9 Å². The predicted molar refractivity (Wildman–Crippen MR) is 83.2 cm³/mol. The van der Waals surface area contributed by atoms with Crippen LogP contribution >= 0.6 is 0 Å². The number of carboxylic acid groups (broad SMARTS) is 2. The third-order valence-corrected chi connectivity index (χ3v) is 2.75. The smallest absolute Gasteiger partial charge is 0.331 e. The van der Waals surface area contributed by atoms with Gasteiger partial charge in [0.1, 0.15) is 0 Å². The minimum atomic E-state index is -1.20. The lowest BCUT2D eigenvalue weighted by molar-refractivity contribution is -0.139. The maximum atomic E-state index is 11.0. The predicted octanol–water partition coefficient (Wildman–Crippen LogP) is 1.69. The van der Waals surface area contributed by atoms with Gasteiger partial charge in [-0.1, -0.05) is 25.7 Å². The molecule has 0 rings (SSSR count). The molecule has 2 N–H and O–H groups in total. The van der Waals surface area contributed by atoms with E-state index in [0.717, 1.165) is 50.0 Å². The number of carboxylic acids is 2. The minimum absolute atomic E-state index is 0.246. The highest BCUT2D eigenvalue weighted by Crippen LogP contribution is 2.06. The van der Waals surface area contributed by atoms with Crippen molar-refractivity contribution in [1.29, 1.82) is 0 Å². The fourth-order valence-corrected chi connectivity index (χ4v) is 1.63. The van der Waals surface area contributed by atoms with Crippen molar-refractivity contribution in [3.63, 3.8) is 0 Å². The molecule has 0 aliphatic rings. The Labute approximate surface area is 139 Å². The third kappa shape index (κ3) is 15.7. The number of hydrogen-bond acceptors (Lipinski definition) is 6. The Kier molecular flexibility index (Phi) is 12.4. The number of aliphatic carboxylic acids is 2. The first-order valence-corrected chi connectivity index (χ1v) is 7.57. The highest BCUT2D eigenvalue weighted by Gasteiger charge is 2.00. The van der Waals surface area contributed by atoms with Crippen molar-refractivity contribution in [2.24, 2.45) is 0 Å². The van der Waals surface area contributed by atoms with Gasteiger partial charge < -0.3 is 19.7 Å². The molecule has 0 aromatic carbocycles. The largest absolute Gasteiger partial charge is 0.478 e. The number of rotatable bonds is 13. The summed E-state index contributed by atoms with van der Waals surface area (Å²) in [5.74, 6) is -3.74. The standard InChI is InChI=1S/C16H22O8/c17-13(18)7-9-15(21)23-11-5-3-1-2-4-6-12-24-16(22)10-8-14(19)20/h7-10H,1-6,11-12H2,(H,17,18)(H,19,20)/b9-7-,10-8-. The van der Waals surface area contributed by atoms with E-state index in [0.29, 0.717) is 12.8 Å². The average Bonchev–Trinajstić information content (AvgIpc) is 2.52. The van der Waals surface area contributed by atoms with Crippen LogP contribution < -0.4 is 0 Å². The molecule has 24 heavy (non-hydrogen) atoms. The monoisotopic (exact) mass is 342 g/mol. The number of unbranched alkanes of at least 4 members (excludes halogenated alkanes) is 5. The van der Waals surface area contributed by atoms with Crippen LogP contribution in [0.5, 0.6) is 0 Å². The average molecular weight is 342 g/mol. The van der Waals surface area contributed by atoms with Crippen LogP contribution in [0, 0.1) is 0 Å². The van der Waals surface area contributed by atoms with Gasteiger partial charge in [-0.05, 0) is 12.8 Å². The van der Waals surface area contributed by atoms with E-state index < -0.39 is 23.9 Å². The Morgan fingerprint density at radius 1 is 0.583 bits per heavy atom. The van der Waals surface area contributed by atoms with Gasteiger partial charge in [-0.25, -0.2) is 19.2 Å². The zero-order valence-corrected chi connectivity index (χ0v) is 13.3. The van der Waals surface area contributed by atoms with Crippen molar-refractivity contribution in [2.45, 2.75) is 38.5 Å². The van der Waals surface area contributed by atoms with Crippen molar-refractivity contribution < 1.29 is 38.9 Å². The van der Waals surface area contributed by atoms with Gasteiger partial charge in [0.2, 0.25) is 0 Å². The Morgan fingerprint density at radius 3 is 1.25 bits per heavy atom. The lowest BCUT2D eigenvalue weighted by Gasteiger charge is -2.03. The van der Waals surface area contributed by atoms with E-state index in [4.69, 9.17) is 19.7 Å². The van der Waals surface area contributed by atoms with E-state index in [2.05, 4.69) is 0 Å². The number of ether oxygens (including phenoxy) is 2. The summed E-state index contributed by atoms with van der Waals surface area (Å²) in [5, 5.41) is 16.6. The molecule has 0 aliphatic heterocycles. The van der Waals surface area contributed by atoms with Crippen LogP contribution in [-0.2, 0) is 28.7 Å². The summed E-state index contributed by atoms with van der Waals surface area (Å²) >= 11 is 0. The van der Waals surface area contributed by atoms with Gasteiger partial charge in [0, 0.05) is 24.3 Å². The van der Waals surface area contributed by atoms with Crippen molar-refractivity contribution >= 4 is 23.9 Å².